The summed E-state index contributed by atoms with van der Waals surface area (Å²) in [6.45, 7) is 0. The molecule has 10 nitrogen and oxygen atoms in total. The van der Waals surface area contributed by atoms with E-state index in [4.69, 9.17) is 9.84 Å². The first-order chi connectivity index (χ1) is 21.4. The molecule has 1 aliphatic heterocycles. The SMILES string of the molecule is COc1cc([N+](=O)[O-])ccc1N1C(=O)[C@@H]2[C@@H](C1=O)C1c3ccccc3C2(/C=N\Nc2nc3ccccc3s2)c2ccccc21. The van der Waals surface area contributed by atoms with Crippen LogP contribution in [0.5, 0.6) is 5.75 Å². The molecule has 3 aliphatic carbocycles. The summed E-state index contributed by atoms with van der Waals surface area (Å²) in [7, 11) is 1.36. The lowest BCUT2D eigenvalue weighted by molar-refractivity contribution is -0.384. The number of carbonyl (C=O) groups excluding carboxylic acids is 2. The lowest BCUT2D eigenvalue weighted by Crippen LogP contribution is -2.54. The van der Waals surface area contributed by atoms with Crippen molar-refractivity contribution < 1.29 is 19.2 Å². The Hall–Kier alpha value is -5.42. The van der Waals surface area contributed by atoms with Crippen molar-refractivity contribution in [2.45, 2.75) is 11.3 Å². The van der Waals surface area contributed by atoms with E-state index in [0.29, 0.717) is 5.13 Å². The van der Waals surface area contributed by atoms with E-state index in [-0.39, 0.29) is 28.9 Å². The number of hydrogen-bond acceptors (Lipinski definition) is 9. The van der Waals surface area contributed by atoms with Gasteiger partial charge in [-0.3, -0.25) is 25.1 Å². The van der Waals surface area contributed by atoms with Crippen LogP contribution in [0.2, 0.25) is 0 Å². The molecule has 0 radical (unpaired) electrons. The first-order valence-corrected chi connectivity index (χ1v) is 14.8. The zero-order chi connectivity index (χ0) is 30.2. The van der Waals surface area contributed by atoms with Crippen LogP contribution in [0.1, 0.15) is 28.2 Å². The molecule has 2 amide bonds. The third-order valence-electron chi connectivity index (χ3n) is 9.02. The highest BCUT2D eigenvalue weighted by molar-refractivity contribution is 7.22. The van der Waals surface area contributed by atoms with Gasteiger partial charge >= 0.3 is 0 Å². The number of non-ortho nitro benzene ring substituents is 1. The fraction of sp³-hybridized carbons (Fsp3) is 0.152. The number of ether oxygens (including phenoxy) is 1. The second kappa shape index (κ2) is 9.55. The Labute approximate surface area is 254 Å². The summed E-state index contributed by atoms with van der Waals surface area (Å²) in [6.07, 6.45) is 1.76. The van der Waals surface area contributed by atoms with Gasteiger partial charge in [-0.15, -0.1) is 0 Å². The molecule has 5 aromatic rings. The number of hydrazone groups is 1. The highest BCUT2D eigenvalue weighted by Gasteiger charge is 2.68. The molecule has 2 atom stereocenters. The summed E-state index contributed by atoms with van der Waals surface area (Å²) in [5.74, 6) is -2.61. The van der Waals surface area contributed by atoms with Gasteiger partial charge in [-0.25, -0.2) is 9.88 Å². The van der Waals surface area contributed by atoms with Gasteiger partial charge in [-0.1, -0.05) is 72.0 Å². The molecule has 1 N–H and O–H groups in total. The van der Waals surface area contributed by atoms with Crippen LogP contribution in [0.3, 0.4) is 0 Å². The number of benzene rings is 4. The third kappa shape index (κ3) is 3.47. The van der Waals surface area contributed by atoms with Crippen LogP contribution in [0, 0.1) is 22.0 Å². The van der Waals surface area contributed by atoms with Crippen molar-refractivity contribution in [2.24, 2.45) is 16.9 Å². The zero-order valence-corrected chi connectivity index (χ0v) is 24.0. The van der Waals surface area contributed by atoms with Gasteiger partial charge in [0.15, 0.2) is 0 Å². The molecule has 4 aromatic carbocycles. The first kappa shape index (κ1) is 26.2. The Kier molecular flexibility index (Phi) is 5.69. The molecule has 0 unspecified atom stereocenters. The predicted octanol–water partition coefficient (Wildman–Crippen LogP) is 5.86. The fourth-order valence-corrected chi connectivity index (χ4v) is 8.18. The average molecular weight is 602 g/mol. The predicted molar refractivity (Wildman–Crippen MR) is 166 cm³/mol. The molecule has 11 heteroatoms. The minimum absolute atomic E-state index is 0.0714. The fourth-order valence-electron chi connectivity index (χ4n) is 7.36. The standard InChI is InChI=1S/C33H23N5O5S/c1-43-25-16-18(38(41)42)14-15-24(25)37-30(39)28-27-19-8-2-4-10-21(19)33(29(28)31(37)40,22-11-5-3-9-20(22)27)17-34-36-32-35-23-12-6-7-13-26(23)44-32/h2-17,27-29H,1H3,(H,35,36)/b34-17-/t27?,28-,29-,33?/m0/s1. The van der Waals surface area contributed by atoms with E-state index in [2.05, 4.69) is 10.4 Å². The third-order valence-corrected chi connectivity index (χ3v) is 9.96. The maximum atomic E-state index is 14.6. The summed E-state index contributed by atoms with van der Waals surface area (Å²) in [6, 6.07) is 27.5. The van der Waals surface area contributed by atoms with Gasteiger partial charge in [-0.05, 0) is 40.5 Å². The van der Waals surface area contributed by atoms with Gasteiger partial charge in [-0.2, -0.15) is 5.10 Å². The molecule has 2 heterocycles. The van der Waals surface area contributed by atoms with Crippen LogP contribution in [0.25, 0.3) is 10.2 Å². The molecule has 0 spiro atoms. The number of nitro groups is 1. The Morgan fingerprint density at radius 2 is 1.66 bits per heavy atom. The molecule has 4 aliphatic rings. The first-order valence-electron chi connectivity index (χ1n) is 14.0. The molecule has 1 fully saturated rings. The molecule has 44 heavy (non-hydrogen) atoms. The van der Waals surface area contributed by atoms with E-state index in [1.165, 1.54) is 36.6 Å². The molecule has 1 aromatic heterocycles. The van der Waals surface area contributed by atoms with Gasteiger partial charge in [0.25, 0.3) is 5.69 Å². The van der Waals surface area contributed by atoms with Crippen molar-refractivity contribution in [2.75, 3.05) is 17.4 Å². The summed E-state index contributed by atoms with van der Waals surface area (Å²) < 4.78 is 6.48. The van der Waals surface area contributed by atoms with E-state index < -0.39 is 28.1 Å². The number of aromatic nitrogens is 1. The molecule has 1 saturated heterocycles. The second-order valence-electron chi connectivity index (χ2n) is 11.0. The van der Waals surface area contributed by atoms with Crippen LogP contribution < -0.4 is 15.1 Å². The summed E-state index contributed by atoms with van der Waals surface area (Å²) in [5.41, 5.74) is 6.61. The second-order valence-corrected chi connectivity index (χ2v) is 12.0. The molecule has 9 rings (SSSR count). The number of carbonyl (C=O) groups is 2. The quantitative estimate of drug-likeness (QED) is 0.112. The molecular weight excluding hydrogens is 578 g/mol. The molecule has 2 bridgehead atoms. The smallest absolute Gasteiger partial charge is 0.273 e. The number of nitrogens with zero attached hydrogens (tertiary/aromatic N) is 4. The number of imide groups is 1. The zero-order valence-electron chi connectivity index (χ0n) is 23.2. The van der Waals surface area contributed by atoms with Crippen molar-refractivity contribution in [1.29, 1.82) is 0 Å². The van der Waals surface area contributed by atoms with Crippen molar-refractivity contribution >= 4 is 56.1 Å². The minimum Gasteiger partial charge on any atom is -0.494 e. The number of fused-ring (bicyclic) bond motifs is 1. The summed E-state index contributed by atoms with van der Waals surface area (Å²) in [4.78, 5) is 45.7. The number of anilines is 2. The van der Waals surface area contributed by atoms with E-state index in [0.717, 1.165) is 37.4 Å². The van der Waals surface area contributed by atoms with Gasteiger partial charge in [0.05, 0.1) is 51.3 Å². The Bertz CT molecular complexity index is 1990. The van der Waals surface area contributed by atoms with Crippen LogP contribution in [-0.4, -0.2) is 35.0 Å². The topological polar surface area (TPSA) is 127 Å². The van der Waals surface area contributed by atoms with Gasteiger partial charge < -0.3 is 4.74 Å². The van der Waals surface area contributed by atoms with E-state index in [9.17, 15) is 19.7 Å². The monoisotopic (exact) mass is 601 g/mol. The maximum absolute atomic E-state index is 14.6. The van der Waals surface area contributed by atoms with Gasteiger partial charge in [0.2, 0.25) is 16.9 Å². The van der Waals surface area contributed by atoms with Crippen molar-refractivity contribution in [1.82, 2.24) is 4.98 Å². The summed E-state index contributed by atoms with van der Waals surface area (Å²) >= 11 is 1.47. The number of rotatable bonds is 6. The van der Waals surface area contributed by atoms with Crippen molar-refractivity contribution in [3.8, 4) is 5.75 Å². The number of amides is 2. The lowest BCUT2D eigenvalue weighted by Gasteiger charge is -2.52. The largest absolute Gasteiger partial charge is 0.494 e. The highest BCUT2D eigenvalue weighted by Crippen LogP contribution is 2.64. The van der Waals surface area contributed by atoms with E-state index in [1.807, 2.05) is 72.8 Å². The van der Waals surface area contributed by atoms with Crippen LogP contribution >= 0.6 is 11.3 Å². The number of thiazole rings is 1. The number of para-hydroxylation sites is 1. The number of methoxy groups -OCH3 is 1. The summed E-state index contributed by atoms with van der Waals surface area (Å²) in [5, 5.41) is 16.8. The highest BCUT2D eigenvalue weighted by atomic mass is 32.1. The molecular formula is C33H23N5O5S. The van der Waals surface area contributed by atoms with Crippen molar-refractivity contribution in [3.63, 3.8) is 0 Å². The van der Waals surface area contributed by atoms with E-state index >= 15 is 0 Å². The molecule has 216 valence electrons. The normalized spacial score (nSPS) is 23.1. The van der Waals surface area contributed by atoms with Crippen LogP contribution in [0.15, 0.2) is 96.1 Å². The minimum atomic E-state index is -1.08. The van der Waals surface area contributed by atoms with Crippen LogP contribution in [0.4, 0.5) is 16.5 Å². The number of nitrogens with one attached hydrogen (secondary N) is 1. The Morgan fingerprint density at radius 3 is 2.34 bits per heavy atom. The van der Waals surface area contributed by atoms with Gasteiger partial charge in [0.1, 0.15) is 5.75 Å². The Morgan fingerprint density at radius 1 is 0.977 bits per heavy atom. The average Bonchev–Trinajstić information content (AvgIpc) is 3.58. The van der Waals surface area contributed by atoms with Gasteiger partial charge in [0, 0.05) is 18.2 Å². The van der Waals surface area contributed by atoms with E-state index in [1.54, 1.807) is 6.21 Å². The molecule has 0 saturated carbocycles. The number of nitro benzene ring substituents is 1. The Balaban J connectivity index is 1.31. The van der Waals surface area contributed by atoms with Crippen LogP contribution in [-0.2, 0) is 15.0 Å². The maximum Gasteiger partial charge on any atom is 0.273 e. The lowest BCUT2D eigenvalue weighted by atomic mass is 9.47. The number of hydrogen-bond donors (Lipinski definition) is 1. The van der Waals surface area contributed by atoms with Crippen molar-refractivity contribution in [3.05, 3.63) is 123 Å².